The van der Waals surface area contributed by atoms with E-state index >= 15 is 0 Å². The first kappa shape index (κ1) is 37.1. The third-order valence-electron chi connectivity index (χ3n) is 12.1. The Morgan fingerprint density at radius 2 is 0.767 bits per heavy atom. The number of rotatable bonds is 8. The zero-order valence-electron chi connectivity index (χ0n) is 34.9. The van der Waals surface area contributed by atoms with Crippen LogP contribution in [0.5, 0.6) is 0 Å². The van der Waals surface area contributed by atoms with Crippen molar-refractivity contribution in [3.63, 3.8) is 0 Å². The molecule has 0 unspecified atom stereocenters. The summed E-state index contributed by atoms with van der Waals surface area (Å²) in [6.45, 7) is 11.4. The van der Waals surface area contributed by atoms with Crippen molar-refractivity contribution in [2.75, 3.05) is 9.80 Å². The predicted molar refractivity (Wildman–Crippen MR) is 259 cm³/mol. The zero-order valence-corrected chi connectivity index (χ0v) is 34.9. The van der Waals surface area contributed by atoms with Gasteiger partial charge in [-0.3, -0.25) is 0 Å². The van der Waals surface area contributed by atoms with Gasteiger partial charge in [0.1, 0.15) is 0 Å². The average Bonchev–Trinajstić information content (AvgIpc) is 3.28. The van der Waals surface area contributed by atoms with Crippen molar-refractivity contribution < 1.29 is 0 Å². The molecule has 60 heavy (non-hydrogen) atoms. The van der Waals surface area contributed by atoms with Crippen LogP contribution in [-0.2, 0) is 5.41 Å². The van der Waals surface area contributed by atoms with Gasteiger partial charge in [0.2, 0.25) is 0 Å². The standard InChI is InChI=1S/C58H48N2/c1-39-20-18-30-48(41-22-10-6-11-23-41)56(39)59(46-26-14-8-15-27-46)52-38-53(51-35-33-44-37-45(58(3,4)5)36-43-32-34-50(52)55(51)54(43)44)60(47-28-16-9-17-29-47)57-40(2)21-19-31-49(57)42-24-12-7-13-25-42/h6-38H,1-5H3. The van der Waals surface area contributed by atoms with E-state index in [4.69, 9.17) is 0 Å². The van der Waals surface area contributed by atoms with Gasteiger partial charge in [-0.1, -0.05) is 191 Å². The van der Waals surface area contributed by atoms with E-state index < -0.39 is 0 Å². The lowest BCUT2D eigenvalue weighted by Crippen LogP contribution is -2.17. The molecule has 10 aromatic carbocycles. The lowest BCUT2D eigenvalue weighted by Gasteiger charge is -2.35. The molecule has 0 aliphatic heterocycles. The van der Waals surface area contributed by atoms with Crippen LogP contribution in [0, 0.1) is 13.8 Å². The summed E-state index contributed by atoms with van der Waals surface area (Å²) in [4.78, 5) is 5.04. The first-order valence-corrected chi connectivity index (χ1v) is 21.0. The van der Waals surface area contributed by atoms with Crippen molar-refractivity contribution in [1.82, 2.24) is 0 Å². The van der Waals surface area contributed by atoms with E-state index in [1.165, 1.54) is 71.3 Å². The van der Waals surface area contributed by atoms with Crippen molar-refractivity contribution in [3.8, 4) is 22.3 Å². The molecular formula is C58H48N2. The second-order valence-corrected chi connectivity index (χ2v) is 17.1. The van der Waals surface area contributed by atoms with Crippen LogP contribution in [0.1, 0.15) is 37.5 Å². The van der Waals surface area contributed by atoms with Crippen LogP contribution < -0.4 is 9.80 Å². The van der Waals surface area contributed by atoms with E-state index in [9.17, 15) is 0 Å². The van der Waals surface area contributed by atoms with Crippen molar-refractivity contribution in [2.24, 2.45) is 0 Å². The average molecular weight is 773 g/mol. The van der Waals surface area contributed by atoms with Gasteiger partial charge in [-0.15, -0.1) is 0 Å². The molecule has 0 fully saturated rings. The Hall–Kier alpha value is -7.16. The highest BCUT2D eigenvalue weighted by Gasteiger charge is 2.28. The Balaban J connectivity index is 1.39. The van der Waals surface area contributed by atoms with E-state index in [0.717, 1.165) is 34.1 Å². The molecule has 0 radical (unpaired) electrons. The summed E-state index contributed by atoms with van der Waals surface area (Å²) < 4.78 is 0. The molecular weight excluding hydrogens is 725 g/mol. The fraction of sp³-hybridized carbons (Fsp3) is 0.103. The van der Waals surface area contributed by atoms with E-state index in [-0.39, 0.29) is 5.41 Å². The van der Waals surface area contributed by atoms with E-state index in [1.807, 2.05) is 0 Å². The largest absolute Gasteiger partial charge is 0.309 e. The molecule has 0 aliphatic rings. The maximum absolute atomic E-state index is 2.52. The van der Waals surface area contributed by atoms with Crippen LogP contribution in [0.25, 0.3) is 54.6 Å². The first-order valence-electron chi connectivity index (χ1n) is 21.0. The molecule has 0 atom stereocenters. The Labute approximate surface area is 354 Å². The minimum Gasteiger partial charge on any atom is -0.309 e. The Morgan fingerprint density at radius 1 is 0.367 bits per heavy atom. The molecule has 0 saturated heterocycles. The number of anilines is 6. The molecule has 0 spiro atoms. The van der Waals surface area contributed by atoms with Crippen LogP contribution in [0.15, 0.2) is 200 Å². The Bertz CT molecular complexity index is 2930. The third-order valence-corrected chi connectivity index (χ3v) is 12.1. The van der Waals surface area contributed by atoms with E-state index in [0.29, 0.717) is 0 Å². The molecule has 0 amide bonds. The summed E-state index contributed by atoms with van der Waals surface area (Å²) in [5.74, 6) is 0. The van der Waals surface area contributed by atoms with E-state index in [1.54, 1.807) is 0 Å². The highest BCUT2D eigenvalue weighted by Crippen LogP contribution is 2.53. The SMILES string of the molecule is Cc1cccc(-c2ccccc2)c1N(c1ccccc1)c1cc(N(c2ccccc2)c2c(C)cccc2-c2ccccc2)c2ccc3cc(C(C)(C)C)cc4ccc1c2c43. The Kier molecular flexibility index (Phi) is 9.22. The minimum absolute atomic E-state index is 0.00629. The first-order chi connectivity index (χ1) is 29.3. The molecule has 10 aromatic rings. The van der Waals surface area contributed by atoms with Gasteiger partial charge in [-0.05, 0) is 93.6 Å². The summed E-state index contributed by atoms with van der Waals surface area (Å²) in [6, 6.07) is 73.7. The topological polar surface area (TPSA) is 6.48 Å². The number of hydrogen-bond acceptors (Lipinski definition) is 2. The van der Waals surface area contributed by atoms with Gasteiger partial charge in [0.15, 0.2) is 0 Å². The molecule has 0 bridgehead atoms. The van der Waals surface area contributed by atoms with Gasteiger partial charge in [-0.25, -0.2) is 0 Å². The summed E-state index contributed by atoms with van der Waals surface area (Å²) in [5, 5.41) is 7.51. The number of nitrogens with zero attached hydrogens (tertiary/aromatic N) is 2. The van der Waals surface area contributed by atoms with Gasteiger partial charge < -0.3 is 9.80 Å². The molecule has 2 heteroatoms. The fourth-order valence-electron chi connectivity index (χ4n) is 9.23. The highest BCUT2D eigenvalue weighted by atomic mass is 15.2. The van der Waals surface area contributed by atoms with Crippen molar-refractivity contribution >= 4 is 66.4 Å². The van der Waals surface area contributed by atoms with Crippen molar-refractivity contribution in [2.45, 2.75) is 40.0 Å². The normalized spacial score (nSPS) is 11.8. The molecule has 290 valence electrons. The van der Waals surface area contributed by atoms with Crippen LogP contribution in [0.4, 0.5) is 34.1 Å². The third kappa shape index (κ3) is 6.37. The lowest BCUT2D eigenvalue weighted by atomic mass is 9.83. The molecule has 0 aliphatic carbocycles. The number of benzene rings is 10. The molecule has 10 rings (SSSR count). The van der Waals surface area contributed by atoms with Crippen LogP contribution in [-0.4, -0.2) is 0 Å². The molecule has 0 saturated carbocycles. The van der Waals surface area contributed by atoms with Crippen molar-refractivity contribution in [1.29, 1.82) is 0 Å². The molecule has 0 heterocycles. The number of aryl methyl sites for hydroxylation is 2. The molecule has 2 nitrogen and oxygen atoms in total. The lowest BCUT2D eigenvalue weighted by molar-refractivity contribution is 0.591. The van der Waals surface area contributed by atoms with Gasteiger partial charge in [0.25, 0.3) is 0 Å². The monoisotopic (exact) mass is 772 g/mol. The second-order valence-electron chi connectivity index (χ2n) is 17.1. The predicted octanol–water partition coefficient (Wildman–Crippen LogP) is 16.8. The second kappa shape index (κ2) is 14.9. The van der Waals surface area contributed by atoms with Gasteiger partial charge in [0, 0.05) is 38.7 Å². The maximum Gasteiger partial charge on any atom is 0.0569 e. The van der Waals surface area contributed by atoms with Crippen LogP contribution in [0.2, 0.25) is 0 Å². The summed E-state index contributed by atoms with van der Waals surface area (Å²) in [6.07, 6.45) is 0. The van der Waals surface area contributed by atoms with E-state index in [2.05, 4.69) is 245 Å². The smallest absolute Gasteiger partial charge is 0.0569 e. The maximum atomic E-state index is 2.52. The van der Waals surface area contributed by atoms with Gasteiger partial charge >= 0.3 is 0 Å². The summed E-state index contributed by atoms with van der Waals surface area (Å²) >= 11 is 0. The fourth-order valence-corrected chi connectivity index (χ4v) is 9.23. The highest BCUT2D eigenvalue weighted by molar-refractivity contribution is 6.29. The van der Waals surface area contributed by atoms with Crippen molar-refractivity contribution in [3.05, 3.63) is 217 Å². The summed E-state index contributed by atoms with van der Waals surface area (Å²) in [7, 11) is 0. The van der Waals surface area contributed by atoms with Gasteiger partial charge in [-0.2, -0.15) is 0 Å². The number of para-hydroxylation sites is 4. The number of hydrogen-bond donors (Lipinski definition) is 0. The van der Waals surface area contributed by atoms with Crippen LogP contribution in [0.3, 0.4) is 0 Å². The quantitative estimate of drug-likeness (QED) is 0.142. The molecule has 0 N–H and O–H groups in total. The minimum atomic E-state index is 0.00629. The molecule has 0 aromatic heterocycles. The summed E-state index contributed by atoms with van der Waals surface area (Å²) in [5.41, 5.74) is 15.3. The Morgan fingerprint density at radius 3 is 1.17 bits per heavy atom. The van der Waals surface area contributed by atoms with Crippen LogP contribution >= 0.6 is 0 Å². The van der Waals surface area contributed by atoms with Gasteiger partial charge in [0.05, 0.1) is 22.7 Å². The zero-order chi connectivity index (χ0) is 41.0.